The summed E-state index contributed by atoms with van der Waals surface area (Å²) in [4.78, 5) is 36.9. The predicted octanol–water partition coefficient (Wildman–Crippen LogP) is 0.493. The van der Waals surface area contributed by atoms with E-state index in [4.69, 9.17) is 0 Å². The summed E-state index contributed by atoms with van der Waals surface area (Å²) >= 11 is 0. The Morgan fingerprint density at radius 2 is 1.75 bits per heavy atom. The number of aliphatic carboxylic acids is 2. The molecule has 2 fully saturated rings. The zero-order valence-corrected chi connectivity index (χ0v) is 12.7. The zero-order valence-electron chi connectivity index (χ0n) is 12.7. The third kappa shape index (κ3) is 1.73. The van der Waals surface area contributed by atoms with Gasteiger partial charge in [-0.25, -0.2) is 0 Å². The number of carboxylic acid groups (broad SMARTS) is 2. The summed E-state index contributed by atoms with van der Waals surface area (Å²) in [5.41, 5.74) is -1.30. The van der Waals surface area contributed by atoms with Crippen molar-refractivity contribution in [3.63, 3.8) is 0 Å². The third-order valence-electron chi connectivity index (χ3n) is 5.36. The number of benzene rings is 1. The minimum atomic E-state index is -1.34. The average Bonchev–Trinajstić information content (AvgIpc) is 2.88. The first-order chi connectivity index (χ1) is 11.4. The van der Waals surface area contributed by atoms with Crippen LogP contribution >= 0.6 is 0 Å². The molecule has 1 aliphatic heterocycles. The summed E-state index contributed by atoms with van der Waals surface area (Å²) in [5, 5.41) is 26.6. The number of carbonyl (C=O) groups is 3. The molecule has 1 amide bonds. The molecule has 2 aliphatic rings. The lowest BCUT2D eigenvalue weighted by Crippen LogP contribution is -2.35. The number of aromatic amines is 1. The van der Waals surface area contributed by atoms with E-state index >= 15 is 0 Å². The molecule has 2 heterocycles. The molecule has 24 heavy (non-hydrogen) atoms. The van der Waals surface area contributed by atoms with E-state index in [-0.39, 0.29) is 31.8 Å². The van der Waals surface area contributed by atoms with E-state index in [1.807, 2.05) is 24.3 Å². The van der Waals surface area contributed by atoms with E-state index in [0.29, 0.717) is 5.69 Å². The number of H-pyrrole nitrogens is 1. The van der Waals surface area contributed by atoms with Gasteiger partial charge in [0, 0.05) is 18.5 Å². The molecular weight excluding hydrogens is 314 g/mol. The van der Waals surface area contributed by atoms with Gasteiger partial charge in [0.25, 0.3) is 0 Å². The normalized spacial score (nSPS) is 27.9. The fraction of sp³-hybridized carbons (Fsp3) is 0.375. The van der Waals surface area contributed by atoms with Gasteiger partial charge in [0.2, 0.25) is 5.91 Å². The van der Waals surface area contributed by atoms with E-state index in [1.165, 1.54) is 4.90 Å². The lowest BCUT2D eigenvalue weighted by atomic mass is 9.97. The molecule has 1 aliphatic carbocycles. The van der Waals surface area contributed by atoms with Crippen molar-refractivity contribution in [2.75, 3.05) is 13.1 Å². The van der Waals surface area contributed by atoms with Crippen molar-refractivity contribution in [2.24, 2.45) is 10.8 Å². The highest BCUT2D eigenvalue weighted by molar-refractivity contribution is 5.96. The van der Waals surface area contributed by atoms with Crippen LogP contribution < -0.4 is 0 Å². The van der Waals surface area contributed by atoms with Crippen LogP contribution in [-0.2, 0) is 20.8 Å². The number of piperidine rings is 1. The van der Waals surface area contributed by atoms with E-state index < -0.39 is 22.8 Å². The number of carbonyl (C=O) groups excluding carboxylic acids is 1. The highest BCUT2D eigenvalue weighted by Crippen LogP contribution is 2.68. The van der Waals surface area contributed by atoms with Crippen molar-refractivity contribution in [1.82, 2.24) is 15.1 Å². The smallest absolute Gasteiger partial charge is 0.312 e. The average molecular weight is 329 g/mol. The fourth-order valence-electron chi connectivity index (χ4n) is 3.88. The summed E-state index contributed by atoms with van der Waals surface area (Å²) in [6.07, 6.45) is 0.118. The molecule has 8 heteroatoms. The Kier molecular flexibility index (Phi) is 2.79. The molecule has 2 atom stereocenters. The first-order valence-electron chi connectivity index (χ1n) is 7.56. The van der Waals surface area contributed by atoms with Gasteiger partial charge < -0.3 is 15.1 Å². The van der Waals surface area contributed by atoms with E-state index in [9.17, 15) is 24.6 Å². The minimum Gasteiger partial charge on any atom is -0.481 e. The van der Waals surface area contributed by atoms with Gasteiger partial charge in [0.05, 0.1) is 17.6 Å². The van der Waals surface area contributed by atoms with Gasteiger partial charge in [0.15, 0.2) is 0 Å². The zero-order chi connectivity index (χ0) is 17.1. The largest absolute Gasteiger partial charge is 0.481 e. The molecule has 8 nitrogen and oxygen atoms in total. The summed E-state index contributed by atoms with van der Waals surface area (Å²) in [6, 6.07) is 7.36. The van der Waals surface area contributed by atoms with Crippen molar-refractivity contribution < 1.29 is 24.6 Å². The maximum absolute atomic E-state index is 12.5. The number of fused-ring (bicyclic) bond motifs is 2. The topological polar surface area (TPSA) is 124 Å². The standard InChI is InChI=1S/C16H15N3O5/c20-12(5-11-9-3-1-2-4-10(9)17-18-11)19-7-15(13(21)22)6-16(15,8-19)14(23)24/h1-4H,5-8H2,(H,17,18)(H,21,22)(H,23,24)/t15-,16+. The summed E-state index contributed by atoms with van der Waals surface area (Å²) in [5.74, 6) is -2.59. The third-order valence-corrected chi connectivity index (χ3v) is 5.36. The second-order valence-corrected chi connectivity index (χ2v) is 6.60. The molecule has 1 saturated heterocycles. The van der Waals surface area contributed by atoms with Crippen LogP contribution in [0.5, 0.6) is 0 Å². The van der Waals surface area contributed by atoms with Crippen LogP contribution in [0.3, 0.4) is 0 Å². The number of aromatic nitrogens is 2. The maximum Gasteiger partial charge on any atom is 0.312 e. The van der Waals surface area contributed by atoms with Crippen molar-refractivity contribution >= 4 is 28.7 Å². The Morgan fingerprint density at radius 1 is 1.12 bits per heavy atom. The number of hydrogen-bond acceptors (Lipinski definition) is 4. The molecule has 0 unspecified atom stereocenters. The number of amides is 1. The molecule has 4 rings (SSSR count). The van der Waals surface area contributed by atoms with Crippen LogP contribution in [0.4, 0.5) is 0 Å². The molecule has 2 aromatic rings. The van der Waals surface area contributed by atoms with Gasteiger partial charge in [-0.05, 0) is 12.5 Å². The minimum absolute atomic E-state index is 0.0336. The number of likely N-dealkylation sites (tertiary alicyclic amines) is 1. The van der Waals surface area contributed by atoms with Crippen molar-refractivity contribution in [3.05, 3.63) is 30.0 Å². The van der Waals surface area contributed by atoms with Crippen LogP contribution in [0, 0.1) is 10.8 Å². The Balaban J connectivity index is 1.56. The summed E-state index contributed by atoms with van der Waals surface area (Å²) in [6.45, 7) is -0.112. The van der Waals surface area contributed by atoms with E-state index in [0.717, 1.165) is 10.9 Å². The molecule has 0 radical (unpaired) electrons. The van der Waals surface area contributed by atoms with Gasteiger partial charge in [-0.2, -0.15) is 5.10 Å². The van der Waals surface area contributed by atoms with Crippen molar-refractivity contribution in [3.8, 4) is 0 Å². The van der Waals surface area contributed by atoms with Gasteiger partial charge in [0.1, 0.15) is 10.8 Å². The van der Waals surface area contributed by atoms with Crippen LogP contribution in [0.2, 0.25) is 0 Å². The highest BCUT2D eigenvalue weighted by Gasteiger charge is 2.81. The van der Waals surface area contributed by atoms with Crippen LogP contribution in [0.1, 0.15) is 12.1 Å². The first-order valence-corrected chi connectivity index (χ1v) is 7.56. The molecule has 124 valence electrons. The second-order valence-electron chi connectivity index (χ2n) is 6.60. The molecule has 1 saturated carbocycles. The Labute approximate surface area is 136 Å². The summed E-state index contributed by atoms with van der Waals surface area (Å²) < 4.78 is 0. The van der Waals surface area contributed by atoms with Crippen LogP contribution in [0.25, 0.3) is 10.9 Å². The van der Waals surface area contributed by atoms with Gasteiger partial charge >= 0.3 is 11.9 Å². The number of para-hydroxylation sites is 1. The Morgan fingerprint density at radius 3 is 2.38 bits per heavy atom. The molecular formula is C16H15N3O5. The molecule has 0 bridgehead atoms. The van der Waals surface area contributed by atoms with E-state index in [2.05, 4.69) is 10.2 Å². The monoisotopic (exact) mass is 329 g/mol. The molecule has 0 spiro atoms. The number of hydrogen-bond donors (Lipinski definition) is 3. The predicted molar refractivity (Wildman–Crippen MR) is 81.1 cm³/mol. The fourth-order valence-corrected chi connectivity index (χ4v) is 3.88. The van der Waals surface area contributed by atoms with Gasteiger partial charge in [-0.3, -0.25) is 19.5 Å². The lowest BCUT2D eigenvalue weighted by Gasteiger charge is -2.19. The summed E-state index contributed by atoms with van der Waals surface area (Å²) in [7, 11) is 0. The van der Waals surface area contributed by atoms with E-state index in [1.54, 1.807) is 0 Å². The number of nitrogens with one attached hydrogen (secondary N) is 1. The Bertz CT molecular complexity index is 863. The van der Waals surface area contributed by atoms with Crippen molar-refractivity contribution in [1.29, 1.82) is 0 Å². The quantitative estimate of drug-likeness (QED) is 0.750. The van der Waals surface area contributed by atoms with Crippen LogP contribution in [-0.4, -0.2) is 56.2 Å². The number of rotatable bonds is 4. The molecule has 3 N–H and O–H groups in total. The lowest BCUT2D eigenvalue weighted by molar-refractivity contribution is -0.151. The van der Waals surface area contributed by atoms with Crippen LogP contribution in [0.15, 0.2) is 24.3 Å². The van der Waals surface area contributed by atoms with Gasteiger partial charge in [-0.1, -0.05) is 18.2 Å². The van der Waals surface area contributed by atoms with Crippen molar-refractivity contribution in [2.45, 2.75) is 12.8 Å². The second kappa shape index (κ2) is 4.56. The number of carboxylic acids is 2. The highest BCUT2D eigenvalue weighted by atomic mass is 16.4. The van der Waals surface area contributed by atoms with Gasteiger partial charge in [-0.15, -0.1) is 0 Å². The maximum atomic E-state index is 12.5. The molecule has 1 aromatic heterocycles. The Hall–Kier alpha value is -2.90. The molecule has 1 aromatic carbocycles. The first kappa shape index (κ1) is 14.7. The SMILES string of the molecule is O=C(Cc1[nH]nc2ccccc12)N1C[C@@]2(C(=O)O)C[C@@]2(C(=O)O)C1. The number of nitrogens with zero attached hydrogens (tertiary/aromatic N) is 2.